The molecular formula is C16H24ClIN6O. The smallest absolute Gasteiger partial charge is 0.239 e. The molecule has 0 spiro atoms. The highest BCUT2D eigenvalue weighted by atomic mass is 127. The van der Waals surface area contributed by atoms with E-state index in [2.05, 4.69) is 25.9 Å². The Morgan fingerprint density at radius 3 is 2.64 bits per heavy atom. The number of imidazole rings is 1. The molecule has 2 aromatic heterocycles. The molecule has 0 atom stereocenters. The van der Waals surface area contributed by atoms with Gasteiger partial charge in [0, 0.05) is 25.0 Å². The number of aliphatic imine (C=N–C) groups is 1. The Morgan fingerprint density at radius 1 is 1.28 bits per heavy atom. The lowest BCUT2D eigenvalue weighted by atomic mass is 10.1. The normalized spacial score (nSPS) is 11.8. The third-order valence-electron chi connectivity index (χ3n) is 3.06. The summed E-state index contributed by atoms with van der Waals surface area (Å²) in [6, 6.07) is 3.66. The van der Waals surface area contributed by atoms with Gasteiger partial charge in [-0.2, -0.15) is 0 Å². The maximum Gasteiger partial charge on any atom is 0.239 e. The van der Waals surface area contributed by atoms with E-state index in [1.165, 1.54) is 0 Å². The van der Waals surface area contributed by atoms with Crippen molar-refractivity contribution in [2.75, 3.05) is 13.6 Å². The van der Waals surface area contributed by atoms with Crippen LogP contribution in [0.5, 0.6) is 0 Å². The van der Waals surface area contributed by atoms with Crippen molar-refractivity contribution in [2.45, 2.75) is 32.9 Å². The lowest BCUT2D eigenvalue weighted by molar-refractivity contribution is -0.121. The molecule has 0 bridgehead atoms. The fourth-order valence-corrected chi connectivity index (χ4v) is 2.29. The molecule has 0 saturated carbocycles. The number of rotatable bonds is 4. The molecular weight excluding hydrogens is 455 g/mol. The van der Waals surface area contributed by atoms with Gasteiger partial charge in [0.15, 0.2) is 5.96 Å². The molecule has 0 radical (unpaired) electrons. The Balaban J connectivity index is 0.00000312. The van der Waals surface area contributed by atoms with Crippen molar-refractivity contribution in [3.05, 3.63) is 35.2 Å². The van der Waals surface area contributed by atoms with Gasteiger partial charge in [-0.05, 0) is 32.9 Å². The number of aromatic nitrogens is 2. The lowest BCUT2D eigenvalue weighted by Gasteiger charge is -2.21. The van der Waals surface area contributed by atoms with E-state index in [9.17, 15) is 4.79 Å². The van der Waals surface area contributed by atoms with Gasteiger partial charge in [0.2, 0.25) is 5.91 Å². The zero-order valence-corrected chi connectivity index (χ0v) is 17.8. The highest BCUT2D eigenvalue weighted by molar-refractivity contribution is 14.0. The third kappa shape index (κ3) is 7.07. The van der Waals surface area contributed by atoms with Crippen LogP contribution in [0, 0.1) is 0 Å². The van der Waals surface area contributed by atoms with E-state index in [0.29, 0.717) is 17.5 Å². The Kier molecular flexibility index (Phi) is 7.94. The summed E-state index contributed by atoms with van der Waals surface area (Å²) in [5.41, 5.74) is 1.41. The van der Waals surface area contributed by atoms with E-state index in [0.717, 1.165) is 11.3 Å². The minimum atomic E-state index is -0.256. The fourth-order valence-electron chi connectivity index (χ4n) is 2.12. The first-order valence-corrected chi connectivity index (χ1v) is 8.03. The highest BCUT2D eigenvalue weighted by Crippen LogP contribution is 2.11. The molecule has 1 amide bonds. The minimum absolute atomic E-state index is 0. The van der Waals surface area contributed by atoms with E-state index < -0.39 is 0 Å². The number of hydrogen-bond donors (Lipinski definition) is 3. The standard InChI is InChI=1S/C16H23ClN6O.HI/c1-16(2,3)22-14(24)8-20-15(18-4)19-7-12-10-23-9-11(17)5-6-13(23)21-12;/h5-6,9-10H,7-8H2,1-4H3,(H,22,24)(H2,18,19,20);1H. The Labute approximate surface area is 169 Å². The summed E-state index contributed by atoms with van der Waals surface area (Å²) >= 11 is 5.96. The number of carbonyl (C=O) groups is 1. The van der Waals surface area contributed by atoms with Crippen LogP contribution in [0.25, 0.3) is 5.65 Å². The van der Waals surface area contributed by atoms with E-state index in [4.69, 9.17) is 11.6 Å². The summed E-state index contributed by atoms with van der Waals surface area (Å²) < 4.78 is 1.87. The van der Waals surface area contributed by atoms with E-state index in [1.54, 1.807) is 19.3 Å². The van der Waals surface area contributed by atoms with Gasteiger partial charge in [0.25, 0.3) is 0 Å². The first kappa shape index (κ1) is 21.5. The fraction of sp³-hybridized carbons (Fsp3) is 0.438. The molecule has 0 aliphatic carbocycles. The summed E-state index contributed by atoms with van der Waals surface area (Å²) in [6.07, 6.45) is 3.70. The van der Waals surface area contributed by atoms with E-state index >= 15 is 0 Å². The molecule has 3 N–H and O–H groups in total. The number of nitrogens with one attached hydrogen (secondary N) is 3. The van der Waals surface area contributed by atoms with Crippen molar-refractivity contribution in [2.24, 2.45) is 4.99 Å². The minimum Gasteiger partial charge on any atom is -0.351 e. The SMILES string of the molecule is CN=C(NCC(=O)NC(C)(C)C)NCc1cn2cc(Cl)ccc2n1.I. The van der Waals surface area contributed by atoms with Crippen LogP contribution in [-0.4, -0.2) is 40.4 Å². The Morgan fingerprint density at radius 2 is 2.00 bits per heavy atom. The topological polar surface area (TPSA) is 82.8 Å². The van der Waals surface area contributed by atoms with Crippen LogP contribution in [0.15, 0.2) is 29.5 Å². The van der Waals surface area contributed by atoms with Gasteiger partial charge in [0.1, 0.15) is 5.65 Å². The zero-order valence-electron chi connectivity index (χ0n) is 14.8. The van der Waals surface area contributed by atoms with Crippen LogP contribution in [0.3, 0.4) is 0 Å². The van der Waals surface area contributed by atoms with Crippen LogP contribution >= 0.6 is 35.6 Å². The number of nitrogens with zero attached hydrogens (tertiary/aromatic N) is 3. The van der Waals surface area contributed by atoms with E-state index in [1.807, 2.05) is 37.4 Å². The summed E-state index contributed by atoms with van der Waals surface area (Å²) in [5, 5.41) is 9.64. The highest BCUT2D eigenvalue weighted by Gasteiger charge is 2.13. The molecule has 2 heterocycles. The number of hydrogen-bond acceptors (Lipinski definition) is 3. The van der Waals surface area contributed by atoms with E-state index in [-0.39, 0.29) is 42.0 Å². The predicted octanol–water partition coefficient (Wildman–Crippen LogP) is 2.19. The van der Waals surface area contributed by atoms with Gasteiger partial charge in [-0.3, -0.25) is 9.79 Å². The van der Waals surface area contributed by atoms with Crippen molar-refractivity contribution in [3.8, 4) is 0 Å². The molecule has 0 aliphatic rings. The maximum atomic E-state index is 11.8. The molecule has 9 heteroatoms. The molecule has 25 heavy (non-hydrogen) atoms. The second-order valence-electron chi connectivity index (χ2n) is 6.42. The first-order valence-electron chi connectivity index (χ1n) is 7.65. The summed E-state index contributed by atoms with van der Waals surface area (Å²) in [4.78, 5) is 20.4. The summed E-state index contributed by atoms with van der Waals surface area (Å²) in [6.45, 7) is 6.45. The number of pyridine rings is 1. The number of amides is 1. The van der Waals surface area contributed by atoms with Crippen LogP contribution in [0.1, 0.15) is 26.5 Å². The third-order valence-corrected chi connectivity index (χ3v) is 3.28. The molecule has 7 nitrogen and oxygen atoms in total. The molecule has 0 unspecified atom stereocenters. The predicted molar refractivity (Wildman–Crippen MR) is 112 cm³/mol. The van der Waals surface area contributed by atoms with Gasteiger partial charge in [0.05, 0.1) is 23.8 Å². The summed E-state index contributed by atoms with van der Waals surface area (Å²) in [5.74, 6) is 0.446. The van der Waals surface area contributed by atoms with Gasteiger partial charge >= 0.3 is 0 Å². The first-order chi connectivity index (χ1) is 11.3. The van der Waals surface area contributed by atoms with Crippen molar-refractivity contribution >= 4 is 53.1 Å². The number of halogens is 2. The number of guanidine groups is 1. The Hall–Kier alpha value is -1.55. The second-order valence-corrected chi connectivity index (χ2v) is 6.86. The zero-order chi connectivity index (χ0) is 17.7. The van der Waals surface area contributed by atoms with Crippen molar-refractivity contribution < 1.29 is 4.79 Å². The van der Waals surface area contributed by atoms with Crippen molar-refractivity contribution in [1.29, 1.82) is 0 Å². The average molecular weight is 479 g/mol. The largest absolute Gasteiger partial charge is 0.351 e. The molecule has 138 valence electrons. The maximum absolute atomic E-state index is 11.8. The molecule has 0 aromatic carbocycles. The molecule has 2 rings (SSSR count). The average Bonchev–Trinajstić information content (AvgIpc) is 2.87. The summed E-state index contributed by atoms with van der Waals surface area (Å²) in [7, 11) is 1.65. The van der Waals surface area contributed by atoms with Crippen LogP contribution in [0.2, 0.25) is 5.02 Å². The van der Waals surface area contributed by atoms with Gasteiger partial charge < -0.3 is 20.4 Å². The van der Waals surface area contributed by atoms with Crippen molar-refractivity contribution in [1.82, 2.24) is 25.3 Å². The number of fused-ring (bicyclic) bond motifs is 1. The van der Waals surface area contributed by atoms with Gasteiger partial charge in [-0.15, -0.1) is 24.0 Å². The molecule has 2 aromatic rings. The molecule has 0 saturated heterocycles. The quantitative estimate of drug-likeness (QED) is 0.357. The second kappa shape index (κ2) is 9.23. The Bertz CT molecular complexity index is 753. The van der Waals surface area contributed by atoms with Crippen molar-refractivity contribution in [3.63, 3.8) is 0 Å². The monoisotopic (exact) mass is 478 g/mol. The van der Waals surface area contributed by atoms with Crippen LogP contribution in [-0.2, 0) is 11.3 Å². The molecule has 0 fully saturated rings. The number of carbonyl (C=O) groups excluding carboxylic acids is 1. The van der Waals surface area contributed by atoms with Gasteiger partial charge in [-0.25, -0.2) is 4.98 Å². The molecule has 0 aliphatic heterocycles. The van der Waals surface area contributed by atoms with Gasteiger partial charge in [-0.1, -0.05) is 11.6 Å². The van der Waals surface area contributed by atoms with Crippen LogP contribution < -0.4 is 16.0 Å². The van der Waals surface area contributed by atoms with Crippen LogP contribution in [0.4, 0.5) is 0 Å². The lowest BCUT2D eigenvalue weighted by Crippen LogP contribution is -2.48.